The van der Waals surface area contributed by atoms with E-state index in [1.165, 1.54) is 43.6 Å². The van der Waals surface area contributed by atoms with Gasteiger partial charge in [0.1, 0.15) is 0 Å². The molecular formula is C44H32N6. The van der Waals surface area contributed by atoms with Gasteiger partial charge >= 0.3 is 0 Å². The molecule has 6 nitrogen and oxygen atoms in total. The molecule has 0 amide bonds. The third-order valence-electron chi connectivity index (χ3n) is 10.1. The number of aryl methyl sites for hydroxylation is 2. The Morgan fingerprint density at radius 1 is 0.380 bits per heavy atom. The second kappa shape index (κ2) is 10.9. The van der Waals surface area contributed by atoms with Crippen molar-refractivity contribution in [2.24, 2.45) is 14.1 Å². The molecule has 0 fully saturated rings. The van der Waals surface area contributed by atoms with Crippen molar-refractivity contribution < 1.29 is 0 Å². The topological polar surface area (TPSA) is 45.5 Å². The molecular weight excluding hydrogens is 613 g/mol. The molecule has 0 saturated carbocycles. The van der Waals surface area contributed by atoms with E-state index in [-0.39, 0.29) is 0 Å². The molecule has 4 aromatic heterocycles. The maximum absolute atomic E-state index is 5.38. The second-order valence-corrected chi connectivity index (χ2v) is 12.9. The van der Waals surface area contributed by atoms with E-state index in [4.69, 9.17) is 9.97 Å². The first kappa shape index (κ1) is 28.4. The van der Waals surface area contributed by atoms with Crippen LogP contribution in [0.3, 0.4) is 0 Å². The van der Waals surface area contributed by atoms with Crippen molar-refractivity contribution in [2.75, 3.05) is 0 Å². The fourth-order valence-electron chi connectivity index (χ4n) is 7.58. The van der Waals surface area contributed by atoms with Gasteiger partial charge in [0.15, 0.2) is 11.6 Å². The SMILES string of the molecule is Cn1c2ccccc2c2cc(-c3cn(-c4ccccc4)c(-c4nc(-c5ccc6c(c5)c5ccccc5n6C)cn4-c4ccccc4)n3)ccc21. The first-order chi connectivity index (χ1) is 24.6. The lowest BCUT2D eigenvalue weighted by atomic mass is 10.1. The molecule has 0 N–H and O–H groups in total. The molecule has 6 heteroatoms. The summed E-state index contributed by atoms with van der Waals surface area (Å²) in [5.74, 6) is 1.54. The van der Waals surface area contributed by atoms with Crippen LogP contribution in [0.25, 0.3) is 89.2 Å². The van der Waals surface area contributed by atoms with Crippen molar-refractivity contribution >= 4 is 43.6 Å². The monoisotopic (exact) mass is 644 g/mol. The predicted molar refractivity (Wildman–Crippen MR) is 205 cm³/mol. The summed E-state index contributed by atoms with van der Waals surface area (Å²) >= 11 is 0. The molecule has 10 aromatic rings. The number of rotatable bonds is 5. The highest BCUT2D eigenvalue weighted by atomic mass is 15.2. The molecule has 4 heterocycles. The minimum Gasteiger partial charge on any atom is -0.344 e. The van der Waals surface area contributed by atoms with Gasteiger partial charge in [-0.25, -0.2) is 9.97 Å². The van der Waals surface area contributed by atoms with Gasteiger partial charge in [0, 0.05) is 92.6 Å². The number of nitrogens with zero attached hydrogens (tertiary/aromatic N) is 6. The highest BCUT2D eigenvalue weighted by molar-refractivity contribution is 6.10. The summed E-state index contributed by atoms with van der Waals surface area (Å²) in [6.45, 7) is 0. The normalized spacial score (nSPS) is 11.8. The van der Waals surface area contributed by atoms with Crippen LogP contribution < -0.4 is 0 Å². The number of para-hydroxylation sites is 4. The Labute approximate surface area is 288 Å². The summed E-state index contributed by atoms with van der Waals surface area (Å²) in [5, 5.41) is 4.91. The molecule has 10 rings (SSSR count). The van der Waals surface area contributed by atoms with Crippen LogP contribution in [0.1, 0.15) is 0 Å². The molecule has 0 aliphatic heterocycles. The Morgan fingerprint density at radius 2 is 0.760 bits per heavy atom. The Morgan fingerprint density at radius 3 is 1.20 bits per heavy atom. The lowest BCUT2D eigenvalue weighted by Gasteiger charge is -2.10. The quantitative estimate of drug-likeness (QED) is 0.187. The van der Waals surface area contributed by atoms with Crippen molar-refractivity contribution in [1.29, 1.82) is 0 Å². The minimum absolute atomic E-state index is 0.769. The fourth-order valence-corrected chi connectivity index (χ4v) is 7.58. The van der Waals surface area contributed by atoms with Crippen molar-refractivity contribution in [3.8, 4) is 45.5 Å². The van der Waals surface area contributed by atoms with Crippen molar-refractivity contribution in [3.63, 3.8) is 0 Å². The van der Waals surface area contributed by atoms with Crippen LogP contribution in [0.15, 0.2) is 158 Å². The molecule has 0 aliphatic rings. The van der Waals surface area contributed by atoms with E-state index >= 15 is 0 Å². The van der Waals surface area contributed by atoms with Crippen LogP contribution in [-0.4, -0.2) is 28.2 Å². The Balaban J connectivity index is 1.19. The molecule has 238 valence electrons. The molecule has 0 unspecified atom stereocenters. The summed E-state index contributed by atoms with van der Waals surface area (Å²) in [6, 6.07) is 51.3. The van der Waals surface area contributed by atoms with Gasteiger partial charge < -0.3 is 9.13 Å². The summed E-state index contributed by atoms with van der Waals surface area (Å²) in [5.41, 5.74) is 10.8. The average molecular weight is 645 g/mol. The summed E-state index contributed by atoms with van der Waals surface area (Å²) in [4.78, 5) is 10.8. The van der Waals surface area contributed by atoms with Crippen molar-refractivity contribution in [2.45, 2.75) is 0 Å². The van der Waals surface area contributed by atoms with Gasteiger partial charge in [-0.15, -0.1) is 0 Å². The van der Waals surface area contributed by atoms with Gasteiger partial charge in [-0.05, 0) is 60.7 Å². The largest absolute Gasteiger partial charge is 0.344 e. The Hall–Kier alpha value is -6.66. The molecule has 0 aliphatic carbocycles. The lowest BCUT2D eigenvalue weighted by molar-refractivity contribution is 0.988. The maximum Gasteiger partial charge on any atom is 0.182 e. The Kier molecular flexibility index (Phi) is 6.20. The predicted octanol–water partition coefficient (Wildman–Crippen LogP) is 10.3. The summed E-state index contributed by atoms with van der Waals surface area (Å²) < 4.78 is 8.86. The second-order valence-electron chi connectivity index (χ2n) is 12.9. The third-order valence-corrected chi connectivity index (χ3v) is 10.1. The van der Waals surface area contributed by atoms with E-state index in [9.17, 15) is 0 Å². The lowest BCUT2D eigenvalue weighted by Crippen LogP contribution is -2.02. The molecule has 0 spiro atoms. The number of imidazole rings is 2. The zero-order valence-corrected chi connectivity index (χ0v) is 27.7. The van der Waals surface area contributed by atoms with Crippen molar-refractivity contribution in [1.82, 2.24) is 28.2 Å². The van der Waals surface area contributed by atoms with Crippen molar-refractivity contribution in [3.05, 3.63) is 158 Å². The van der Waals surface area contributed by atoms with E-state index in [0.29, 0.717) is 0 Å². The van der Waals surface area contributed by atoms with E-state index in [0.717, 1.165) is 45.5 Å². The maximum atomic E-state index is 5.38. The standard InChI is InChI=1S/C44H32N6/c1-47-39-19-11-9-17-33(39)35-25-29(21-23-41(35)47)37-27-49(31-13-5-3-6-14-31)43(45-37)44-46-38(28-50(44)32-15-7-4-8-16-32)30-22-24-42-36(26-30)34-18-10-12-20-40(34)48(42)2/h3-28H,1-2H3. The number of benzene rings is 6. The van der Waals surface area contributed by atoms with Crippen LogP contribution in [0.4, 0.5) is 0 Å². The van der Waals surface area contributed by atoms with Crippen LogP contribution in [0, 0.1) is 0 Å². The van der Waals surface area contributed by atoms with Crippen LogP contribution in [-0.2, 0) is 14.1 Å². The molecule has 0 radical (unpaired) electrons. The van der Waals surface area contributed by atoms with Gasteiger partial charge in [0.2, 0.25) is 0 Å². The van der Waals surface area contributed by atoms with E-state index in [1.807, 2.05) is 12.1 Å². The fraction of sp³-hybridized carbons (Fsp3) is 0.0455. The number of hydrogen-bond donors (Lipinski definition) is 0. The third kappa shape index (κ3) is 4.28. The van der Waals surface area contributed by atoms with Gasteiger partial charge in [0.25, 0.3) is 0 Å². The number of hydrogen-bond acceptors (Lipinski definition) is 2. The first-order valence-electron chi connectivity index (χ1n) is 16.9. The van der Waals surface area contributed by atoms with Crippen LogP contribution >= 0.6 is 0 Å². The minimum atomic E-state index is 0.769. The molecule has 50 heavy (non-hydrogen) atoms. The number of aromatic nitrogens is 6. The zero-order valence-electron chi connectivity index (χ0n) is 27.7. The highest BCUT2D eigenvalue weighted by Gasteiger charge is 2.22. The van der Waals surface area contributed by atoms with E-state index < -0.39 is 0 Å². The smallest absolute Gasteiger partial charge is 0.182 e. The summed E-state index contributed by atoms with van der Waals surface area (Å²) in [6.07, 6.45) is 4.28. The molecule has 0 atom stereocenters. The number of fused-ring (bicyclic) bond motifs is 6. The molecule has 6 aromatic carbocycles. The van der Waals surface area contributed by atoms with Crippen LogP contribution in [0.2, 0.25) is 0 Å². The van der Waals surface area contributed by atoms with Gasteiger partial charge in [0.05, 0.1) is 11.4 Å². The van der Waals surface area contributed by atoms with E-state index in [2.05, 4.69) is 178 Å². The van der Waals surface area contributed by atoms with Gasteiger partial charge in [-0.3, -0.25) is 9.13 Å². The molecule has 0 bridgehead atoms. The first-order valence-corrected chi connectivity index (χ1v) is 16.9. The average Bonchev–Trinajstić information content (AvgIpc) is 3.95. The van der Waals surface area contributed by atoms with Gasteiger partial charge in [-0.2, -0.15) is 0 Å². The molecule has 0 saturated heterocycles. The van der Waals surface area contributed by atoms with Crippen LogP contribution in [0.5, 0.6) is 0 Å². The van der Waals surface area contributed by atoms with E-state index in [1.54, 1.807) is 0 Å². The Bertz CT molecular complexity index is 2680. The zero-order chi connectivity index (χ0) is 33.3. The van der Waals surface area contributed by atoms with Gasteiger partial charge in [-0.1, -0.05) is 84.9 Å². The highest BCUT2D eigenvalue weighted by Crippen LogP contribution is 2.36. The summed E-state index contributed by atoms with van der Waals surface area (Å²) in [7, 11) is 4.26.